The first-order chi connectivity index (χ1) is 10.7. The number of aryl methyl sites for hydroxylation is 1. The van der Waals surface area contributed by atoms with Crippen LogP contribution in [0.1, 0.15) is 43.7 Å². The molecule has 0 radical (unpaired) electrons. The molecule has 0 spiro atoms. The zero-order valence-electron chi connectivity index (χ0n) is 14.2. The monoisotopic (exact) mass is 317 g/mol. The van der Waals surface area contributed by atoms with Crippen LogP contribution in [0.5, 0.6) is 5.95 Å². The van der Waals surface area contributed by atoms with E-state index in [1.165, 1.54) is 12.0 Å². The summed E-state index contributed by atoms with van der Waals surface area (Å²) in [7, 11) is 1.52. The molecule has 0 bridgehead atoms. The maximum absolute atomic E-state index is 11.9. The highest BCUT2D eigenvalue weighted by Gasteiger charge is 2.37. The Morgan fingerprint density at radius 3 is 2.43 bits per heavy atom. The largest absolute Gasteiger partial charge is 0.468 e. The van der Waals surface area contributed by atoms with Crippen LogP contribution in [0.25, 0.3) is 0 Å². The first-order valence-electron chi connectivity index (χ1n) is 7.46. The van der Waals surface area contributed by atoms with Gasteiger partial charge in [0.05, 0.1) is 7.11 Å². The molecule has 1 N–H and O–H groups in total. The molecule has 1 atom stereocenters. The van der Waals surface area contributed by atoms with Crippen molar-refractivity contribution < 1.29 is 19.1 Å². The Hall–Kier alpha value is -2.43. The van der Waals surface area contributed by atoms with Crippen molar-refractivity contribution in [2.45, 2.75) is 39.3 Å². The number of benzene rings is 1. The van der Waals surface area contributed by atoms with Gasteiger partial charge in [-0.3, -0.25) is 4.90 Å². The first-order valence-corrected chi connectivity index (χ1v) is 7.46. The standard InChI is InChI=1S/C18H23NO4/c1-12-7-6-8-13(11-12)16(14-9-10-15(22-5)23-14)19(17(20)21)18(2,3)4/h6-11,16H,1-5H3,(H,20,21). The van der Waals surface area contributed by atoms with Gasteiger partial charge in [-0.1, -0.05) is 29.8 Å². The van der Waals surface area contributed by atoms with Gasteiger partial charge in [0.25, 0.3) is 5.95 Å². The fraction of sp³-hybridized carbons (Fsp3) is 0.389. The SMILES string of the molecule is COc1ccc(C(c2cccc(C)c2)N(C(=O)O)C(C)(C)C)o1. The van der Waals surface area contributed by atoms with Gasteiger partial charge in [0.2, 0.25) is 0 Å². The Bertz CT molecular complexity index is 684. The minimum atomic E-state index is -1.00. The predicted molar refractivity (Wildman–Crippen MR) is 87.9 cm³/mol. The van der Waals surface area contributed by atoms with Gasteiger partial charge >= 0.3 is 6.09 Å². The van der Waals surface area contributed by atoms with E-state index in [-0.39, 0.29) is 0 Å². The fourth-order valence-electron chi connectivity index (χ4n) is 2.66. The molecule has 1 aromatic heterocycles. The van der Waals surface area contributed by atoms with Crippen molar-refractivity contribution in [3.05, 3.63) is 53.3 Å². The van der Waals surface area contributed by atoms with Crippen LogP contribution in [0, 0.1) is 6.92 Å². The van der Waals surface area contributed by atoms with Crippen molar-refractivity contribution >= 4 is 6.09 Å². The van der Waals surface area contributed by atoms with Gasteiger partial charge in [-0.15, -0.1) is 0 Å². The average Bonchev–Trinajstić information content (AvgIpc) is 2.91. The molecule has 1 heterocycles. The van der Waals surface area contributed by atoms with Gasteiger partial charge < -0.3 is 14.3 Å². The fourth-order valence-corrected chi connectivity index (χ4v) is 2.66. The molecule has 1 amide bonds. The van der Waals surface area contributed by atoms with Gasteiger partial charge in [0.15, 0.2) is 0 Å². The zero-order chi connectivity index (χ0) is 17.2. The molecule has 1 aromatic carbocycles. The molecule has 0 aliphatic heterocycles. The van der Waals surface area contributed by atoms with E-state index in [1.54, 1.807) is 12.1 Å². The molecule has 23 heavy (non-hydrogen) atoms. The third-order valence-electron chi connectivity index (χ3n) is 3.62. The number of nitrogens with zero attached hydrogens (tertiary/aromatic N) is 1. The Kier molecular flexibility index (Phi) is 4.68. The first kappa shape index (κ1) is 16.9. The zero-order valence-corrected chi connectivity index (χ0v) is 14.2. The third kappa shape index (κ3) is 3.67. The van der Waals surface area contributed by atoms with Gasteiger partial charge in [0, 0.05) is 11.6 Å². The van der Waals surface area contributed by atoms with E-state index < -0.39 is 17.7 Å². The number of rotatable bonds is 4. The van der Waals surface area contributed by atoms with Crippen molar-refractivity contribution in [1.29, 1.82) is 0 Å². The highest BCUT2D eigenvalue weighted by Crippen LogP contribution is 2.36. The number of amides is 1. The third-order valence-corrected chi connectivity index (χ3v) is 3.62. The summed E-state index contributed by atoms with van der Waals surface area (Å²) in [5, 5.41) is 9.79. The Morgan fingerprint density at radius 1 is 1.26 bits per heavy atom. The molecule has 5 heteroatoms. The molecule has 0 aliphatic rings. The lowest BCUT2D eigenvalue weighted by Gasteiger charge is -2.39. The summed E-state index contributed by atoms with van der Waals surface area (Å²) in [6.45, 7) is 7.57. The summed E-state index contributed by atoms with van der Waals surface area (Å²) >= 11 is 0. The molecule has 0 saturated heterocycles. The van der Waals surface area contributed by atoms with Crippen LogP contribution in [0.3, 0.4) is 0 Å². The van der Waals surface area contributed by atoms with E-state index in [9.17, 15) is 9.90 Å². The lowest BCUT2D eigenvalue weighted by molar-refractivity contribution is 0.0734. The molecule has 0 aliphatic carbocycles. The van der Waals surface area contributed by atoms with Crippen molar-refractivity contribution in [3.63, 3.8) is 0 Å². The van der Waals surface area contributed by atoms with E-state index in [1.807, 2.05) is 52.0 Å². The summed E-state index contributed by atoms with van der Waals surface area (Å²) in [6.07, 6.45) is -1.00. The summed E-state index contributed by atoms with van der Waals surface area (Å²) < 4.78 is 10.8. The molecule has 124 valence electrons. The van der Waals surface area contributed by atoms with Crippen LogP contribution in [-0.4, -0.2) is 28.7 Å². The number of carbonyl (C=O) groups is 1. The van der Waals surface area contributed by atoms with Crippen molar-refractivity contribution in [2.75, 3.05) is 7.11 Å². The minimum absolute atomic E-state index is 0.358. The van der Waals surface area contributed by atoms with Gasteiger partial charge in [-0.25, -0.2) is 4.79 Å². The molecule has 5 nitrogen and oxygen atoms in total. The molecular weight excluding hydrogens is 294 g/mol. The number of furan rings is 1. The van der Waals surface area contributed by atoms with Crippen molar-refractivity contribution in [2.24, 2.45) is 0 Å². The number of hydrogen-bond acceptors (Lipinski definition) is 3. The number of methoxy groups -OCH3 is 1. The maximum Gasteiger partial charge on any atom is 0.408 e. The van der Waals surface area contributed by atoms with E-state index in [0.717, 1.165) is 11.1 Å². The Morgan fingerprint density at radius 2 is 1.96 bits per heavy atom. The van der Waals surface area contributed by atoms with E-state index in [2.05, 4.69) is 0 Å². The maximum atomic E-state index is 11.9. The molecule has 1 unspecified atom stereocenters. The average molecular weight is 317 g/mol. The number of hydrogen-bond donors (Lipinski definition) is 1. The van der Waals surface area contributed by atoms with Crippen LogP contribution >= 0.6 is 0 Å². The van der Waals surface area contributed by atoms with Crippen LogP contribution in [0.15, 0.2) is 40.8 Å². The minimum Gasteiger partial charge on any atom is -0.468 e. The molecule has 0 saturated carbocycles. The van der Waals surface area contributed by atoms with Gasteiger partial charge in [-0.05, 0) is 39.3 Å². The van der Waals surface area contributed by atoms with Crippen LogP contribution in [-0.2, 0) is 0 Å². The Labute approximate surface area is 136 Å². The summed E-state index contributed by atoms with van der Waals surface area (Å²) in [4.78, 5) is 13.4. The lowest BCUT2D eigenvalue weighted by atomic mass is 9.95. The summed E-state index contributed by atoms with van der Waals surface area (Å²) in [5.74, 6) is 0.890. The van der Waals surface area contributed by atoms with Crippen LogP contribution < -0.4 is 4.74 Å². The molecule has 2 aromatic rings. The quantitative estimate of drug-likeness (QED) is 0.904. The Balaban J connectivity index is 2.61. The van der Waals surface area contributed by atoms with E-state index in [4.69, 9.17) is 9.15 Å². The second kappa shape index (κ2) is 6.36. The number of ether oxygens (including phenoxy) is 1. The van der Waals surface area contributed by atoms with Crippen LogP contribution in [0.2, 0.25) is 0 Å². The van der Waals surface area contributed by atoms with E-state index in [0.29, 0.717) is 11.7 Å². The highest BCUT2D eigenvalue weighted by atomic mass is 16.6. The van der Waals surface area contributed by atoms with Gasteiger partial charge in [0.1, 0.15) is 11.8 Å². The van der Waals surface area contributed by atoms with Crippen molar-refractivity contribution in [3.8, 4) is 5.95 Å². The normalized spacial score (nSPS) is 12.7. The smallest absolute Gasteiger partial charge is 0.408 e. The van der Waals surface area contributed by atoms with Crippen LogP contribution in [0.4, 0.5) is 4.79 Å². The lowest BCUT2D eigenvalue weighted by Crippen LogP contribution is -2.47. The second-order valence-corrected chi connectivity index (χ2v) is 6.50. The predicted octanol–water partition coefficient (Wildman–Crippen LogP) is 4.46. The summed E-state index contributed by atoms with van der Waals surface area (Å²) in [5.41, 5.74) is 1.32. The number of carboxylic acid groups (broad SMARTS) is 1. The summed E-state index contributed by atoms with van der Waals surface area (Å²) in [6, 6.07) is 10.7. The molecule has 0 fully saturated rings. The van der Waals surface area contributed by atoms with E-state index >= 15 is 0 Å². The topological polar surface area (TPSA) is 62.9 Å². The molecule has 2 rings (SSSR count). The van der Waals surface area contributed by atoms with Gasteiger partial charge in [-0.2, -0.15) is 0 Å². The highest BCUT2D eigenvalue weighted by molar-refractivity contribution is 5.67. The second-order valence-electron chi connectivity index (χ2n) is 6.50. The van der Waals surface area contributed by atoms with Crippen molar-refractivity contribution in [1.82, 2.24) is 4.90 Å². The molecular formula is C18H23NO4.